The third-order valence-corrected chi connectivity index (χ3v) is 4.49. The Balaban J connectivity index is 2.21. The van der Waals surface area contributed by atoms with Gasteiger partial charge in [-0.1, -0.05) is 6.42 Å². The maximum absolute atomic E-state index is 5.41. The fourth-order valence-electron chi connectivity index (χ4n) is 2.62. The maximum atomic E-state index is 5.41. The Bertz CT molecular complexity index is 417. The van der Waals surface area contributed by atoms with Gasteiger partial charge in [0.25, 0.3) is 0 Å². The van der Waals surface area contributed by atoms with Gasteiger partial charge in [-0.15, -0.1) is 11.8 Å². The van der Waals surface area contributed by atoms with Crippen molar-refractivity contribution in [3.8, 4) is 11.5 Å². The summed E-state index contributed by atoms with van der Waals surface area (Å²) in [4.78, 5) is 1.28. The first-order valence-corrected chi connectivity index (χ1v) is 8.03. The van der Waals surface area contributed by atoms with Gasteiger partial charge in [-0.05, 0) is 49.8 Å². The zero-order valence-electron chi connectivity index (χ0n) is 12.0. The van der Waals surface area contributed by atoms with E-state index >= 15 is 0 Å². The summed E-state index contributed by atoms with van der Waals surface area (Å²) in [6.45, 7) is 1.15. The van der Waals surface area contributed by atoms with Gasteiger partial charge in [0.15, 0.2) is 11.5 Å². The molecule has 1 N–H and O–H groups in total. The van der Waals surface area contributed by atoms with E-state index in [1.165, 1.54) is 29.7 Å². The summed E-state index contributed by atoms with van der Waals surface area (Å²) in [6, 6.07) is 4.81. The molecule has 1 heterocycles. The molecule has 2 rings (SSSR count). The molecule has 106 valence electrons. The van der Waals surface area contributed by atoms with Crippen LogP contribution in [-0.2, 0) is 6.42 Å². The molecule has 0 amide bonds. The standard InChI is InChI=1S/C15H23NO2S/c1-17-13-9-11(8-12-6-4-5-7-16-12)15(19-3)10-14(13)18-2/h9-10,12,16H,4-8H2,1-3H3. The first-order chi connectivity index (χ1) is 9.28. The quantitative estimate of drug-likeness (QED) is 0.840. The smallest absolute Gasteiger partial charge is 0.161 e. The number of piperidine rings is 1. The molecule has 1 aliphatic rings. The molecule has 1 atom stereocenters. The topological polar surface area (TPSA) is 30.5 Å². The molecule has 0 bridgehead atoms. The van der Waals surface area contributed by atoms with E-state index in [1.54, 1.807) is 26.0 Å². The molecule has 3 nitrogen and oxygen atoms in total. The van der Waals surface area contributed by atoms with Crippen LogP contribution in [-0.4, -0.2) is 33.1 Å². The van der Waals surface area contributed by atoms with Gasteiger partial charge >= 0.3 is 0 Å². The largest absolute Gasteiger partial charge is 0.493 e. The number of methoxy groups -OCH3 is 2. The van der Waals surface area contributed by atoms with Crippen LogP contribution in [0.25, 0.3) is 0 Å². The second-order valence-corrected chi connectivity index (χ2v) is 5.72. The van der Waals surface area contributed by atoms with Crippen molar-refractivity contribution in [3.63, 3.8) is 0 Å². The number of hydrogen-bond donors (Lipinski definition) is 1. The van der Waals surface area contributed by atoms with Crippen LogP contribution in [0.1, 0.15) is 24.8 Å². The lowest BCUT2D eigenvalue weighted by molar-refractivity contribution is 0.352. The predicted octanol–water partition coefficient (Wildman–Crippen LogP) is 3.11. The first-order valence-electron chi connectivity index (χ1n) is 6.80. The molecule has 0 radical (unpaired) electrons. The molecule has 1 aliphatic heterocycles. The van der Waals surface area contributed by atoms with Gasteiger partial charge in [0, 0.05) is 10.9 Å². The maximum Gasteiger partial charge on any atom is 0.161 e. The van der Waals surface area contributed by atoms with Crippen molar-refractivity contribution in [2.75, 3.05) is 27.0 Å². The summed E-state index contributed by atoms with van der Waals surface area (Å²) in [5.74, 6) is 1.64. The van der Waals surface area contributed by atoms with E-state index in [2.05, 4.69) is 23.7 Å². The third kappa shape index (κ3) is 3.57. The molecular weight excluding hydrogens is 258 g/mol. The Morgan fingerprint density at radius 1 is 1.21 bits per heavy atom. The van der Waals surface area contributed by atoms with Gasteiger partial charge < -0.3 is 14.8 Å². The predicted molar refractivity (Wildman–Crippen MR) is 80.7 cm³/mol. The van der Waals surface area contributed by atoms with Crippen molar-refractivity contribution >= 4 is 11.8 Å². The summed E-state index contributed by atoms with van der Waals surface area (Å²) < 4.78 is 10.8. The lowest BCUT2D eigenvalue weighted by atomic mass is 9.97. The van der Waals surface area contributed by atoms with Crippen molar-refractivity contribution in [2.45, 2.75) is 36.6 Å². The molecule has 0 aliphatic carbocycles. The minimum absolute atomic E-state index is 0.595. The van der Waals surface area contributed by atoms with Gasteiger partial charge in [0.1, 0.15) is 0 Å². The molecule has 0 aromatic heterocycles. The van der Waals surface area contributed by atoms with Crippen LogP contribution in [0.2, 0.25) is 0 Å². The van der Waals surface area contributed by atoms with Crippen molar-refractivity contribution in [1.82, 2.24) is 5.32 Å². The Kier molecular flexibility index (Phi) is 5.40. The zero-order valence-corrected chi connectivity index (χ0v) is 12.8. The van der Waals surface area contributed by atoms with Crippen LogP contribution in [0.15, 0.2) is 17.0 Å². The number of hydrogen-bond acceptors (Lipinski definition) is 4. The Hall–Kier alpha value is -0.870. The van der Waals surface area contributed by atoms with Gasteiger partial charge in [0.2, 0.25) is 0 Å². The molecule has 1 aromatic carbocycles. The summed E-state index contributed by atoms with van der Waals surface area (Å²) in [7, 11) is 3.38. The van der Waals surface area contributed by atoms with E-state index in [9.17, 15) is 0 Å². The second kappa shape index (κ2) is 7.06. The number of benzene rings is 1. The number of rotatable bonds is 5. The normalized spacial score (nSPS) is 19.2. The molecule has 19 heavy (non-hydrogen) atoms. The van der Waals surface area contributed by atoms with E-state index in [0.29, 0.717) is 6.04 Å². The fraction of sp³-hybridized carbons (Fsp3) is 0.600. The van der Waals surface area contributed by atoms with Crippen molar-refractivity contribution < 1.29 is 9.47 Å². The second-order valence-electron chi connectivity index (χ2n) is 4.87. The average Bonchev–Trinajstić information content (AvgIpc) is 2.47. The molecule has 1 saturated heterocycles. The van der Waals surface area contributed by atoms with E-state index in [-0.39, 0.29) is 0 Å². The van der Waals surface area contributed by atoms with Crippen LogP contribution >= 0.6 is 11.8 Å². The minimum atomic E-state index is 0.595. The fourth-order valence-corrected chi connectivity index (χ4v) is 3.24. The van der Waals surface area contributed by atoms with Crippen molar-refractivity contribution in [1.29, 1.82) is 0 Å². The average molecular weight is 281 g/mol. The van der Waals surface area contributed by atoms with Crippen molar-refractivity contribution in [2.24, 2.45) is 0 Å². The van der Waals surface area contributed by atoms with Crippen LogP contribution in [0, 0.1) is 0 Å². The van der Waals surface area contributed by atoms with Gasteiger partial charge in [-0.25, -0.2) is 0 Å². The van der Waals surface area contributed by atoms with E-state index < -0.39 is 0 Å². The van der Waals surface area contributed by atoms with Crippen LogP contribution in [0.5, 0.6) is 11.5 Å². The summed E-state index contributed by atoms with van der Waals surface area (Å²) in [5.41, 5.74) is 1.35. The highest BCUT2D eigenvalue weighted by molar-refractivity contribution is 7.98. The van der Waals surface area contributed by atoms with Gasteiger partial charge in [0.05, 0.1) is 14.2 Å². The molecular formula is C15H23NO2S. The Labute approximate surface area is 120 Å². The first kappa shape index (κ1) is 14.5. The number of thioether (sulfide) groups is 1. The molecule has 1 unspecified atom stereocenters. The molecule has 0 spiro atoms. The molecule has 1 fully saturated rings. The summed E-state index contributed by atoms with van der Waals surface area (Å²) >= 11 is 1.77. The molecule has 4 heteroatoms. The lowest BCUT2D eigenvalue weighted by Gasteiger charge is -2.24. The highest BCUT2D eigenvalue weighted by atomic mass is 32.2. The molecule has 1 aromatic rings. The zero-order chi connectivity index (χ0) is 13.7. The number of ether oxygens (including phenoxy) is 2. The lowest BCUT2D eigenvalue weighted by Crippen LogP contribution is -2.35. The summed E-state index contributed by atoms with van der Waals surface area (Å²) in [5, 5.41) is 3.60. The van der Waals surface area contributed by atoms with Crippen LogP contribution in [0.3, 0.4) is 0 Å². The summed E-state index contributed by atoms with van der Waals surface area (Å²) in [6.07, 6.45) is 7.08. The van der Waals surface area contributed by atoms with E-state index in [0.717, 1.165) is 24.5 Å². The minimum Gasteiger partial charge on any atom is -0.493 e. The third-order valence-electron chi connectivity index (χ3n) is 3.67. The highest BCUT2D eigenvalue weighted by Crippen LogP contribution is 2.35. The van der Waals surface area contributed by atoms with Crippen molar-refractivity contribution in [3.05, 3.63) is 17.7 Å². The van der Waals surface area contributed by atoms with Gasteiger partial charge in [-0.3, -0.25) is 0 Å². The van der Waals surface area contributed by atoms with E-state index in [4.69, 9.17) is 9.47 Å². The van der Waals surface area contributed by atoms with E-state index in [1.807, 2.05) is 0 Å². The highest BCUT2D eigenvalue weighted by Gasteiger charge is 2.17. The Morgan fingerprint density at radius 2 is 1.95 bits per heavy atom. The van der Waals surface area contributed by atoms with Crippen LogP contribution < -0.4 is 14.8 Å². The van der Waals surface area contributed by atoms with Gasteiger partial charge in [-0.2, -0.15) is 0 Å². The Morgan fingerprint density at radius 3 is 2.53 bits per heavy atom. The monoisotopic (exact) mass is 281 g/mol. The molecule has 0 saturated carbocycles. The SMILES string of the molecule is COc1cc(CC2CCCCN2)c(SC)cc1OC. The van der Waals surface area contributed by atoms with Crippen LogP contribution in [0.4, 0.5) is 0 Å². The number of nitrogens with one attached hydrogen (secondary N) is 1.